The molecule has 96 valence electrons. The Hall–Kier alpha value is -1.97. The van der Waals surface area contributed by atoms with Gasteiger partial charge in [-0.15, -0.1) is 0 Å². The number of rotatable bonds is 1. The number of hydrogen-bond acceptors (Lipinski definition) is 4. The summed E-state index contributed by atoms with van der Waals surface area (Å²) in [5.74, 6) is 0.288. The number of methoxy groups -OCH3 is 1. The number of aliphatic hydroxyl groups excluding tert-OH is 1. The van der Waals surface area contributed by atoms with Gasteiger partial charge in [0.2, 0.25) is 0 Å². The lowest BCUT2D eigenvalue weighted by Crippen LogP contribution is -2.33. The number of benzene rings is 1. The average Bonchev–Trinajstić information content (AvgIpc) is 2.34. The number of carbonyl (C=O) groups is 1. The van der Waals surface area contributed by atoms with Gasteiger partial charge in [0.15, 0.2) is 0 Å². The number of aliphatic hydroxyl groups is 1. The molecule has 0 aromatic heterocycles. The van der Waals surface area contributed by atoms with Crippen LogP contribution in [-0.2, 0) is 4.74 Å². The summed E-state index contributed by atoms with van der Waals surface area (Å²) in [4.78, 5) is 11.5. The van der Waals surface area contributed by atoms with E-state index >= 15 is 0 Å². The van der Waals surface area contributed by atoms with E-state index in [2.05, 4.69) is 4.74 Å². The minimum atomic E-state index is -0.552. The van der Waals surface area contributed by atoms with E-state index in [1.165, 1.54) is 7.11 Å². The van der Waals surface area contributed by atoms with Gasteiger partial charge in [0, 0.05) is 5.57 Å². The second-order valence-electron chi connectivity index (χ2n) is 4.79. The van der Waals surface area contributed by atoms with Crippen LogP contribution in [0.4, 0.5) is 0 Å². The number of carbonyl (C=O) groups excluding carboxylic acids is 1. The Morgan fingerprint density at radius 1 is 1.39 bits per heavy atom. The van der Waals surface area contributed by atoms with Gasteiger partial charge in [-0.1, -0.05) is 0 Å². The Balaban J connectivity index is 2.56. The van der Waals surface area contributed by atoms with Crippen LogP contribution in [0.15, 0.2) is 23.8 Å². The van der Waals surface area contributed by atoms with Crippen molar-refractivity contribution in [3.63, 3.8) is 0 Å². The van der Waals surface area contributed by atoms with Gasteiger partial charge >= 0.3 is 5.97 Å². The Kier molecular flexibility index (Phi) is 2.81. The molecule has 2 rings (SSSR count). The third-order valence-electron chi connectivity index (χ3n) is 3.28. The van der Waals surface area contributed by atoms with Crippen molar-refractivity contribution in [1.82, 2.24) is 0 Å². The number of hydrogen-bond donors (Lipinski definition) is 1. The Bertz CT molecular complexity index is 541. The van der Waals surface area contributed by atoms with Crippen molar-refractivity contribution in [3.8, 4) is 5.75 Å². The predicted octanol–water partition coefficient (Wildman–Crippen LogP) is 2.93. The fourth-order valence-electron chi connectivity index (χ4n) is 1.89. The third kappa shape index (κ3) is 1.83. The number of ether oxygens (including phenoxy) is 2. The molecule has 0 fully saturated rings. The molecule has 0 amide bonds. The van der Waals surface area contributed by atoms with E-state index in [0.29, 0.717) is 16.9 Å². The molecule has 0 spiro atoms. The lowest BCUT2D eigenvalue weighted by molar-refractivity contribution is 0.0600. The van der Waals surface area contributed by atoms with Gasteiger partial charge in [-0.25, -0.2) is 4.79 Å². The highest BCUT2D eigenvalue weighted by molar-refractivity contribution is 5.91. The van der Waals surface area contributed by atoms with Crippen molar-refractivity contribution in [2.45, 2.75) is 26.4 Å². The van der Waals surface area contributed by atoms with Crippen molar-refractivity contribution in [1.29, 1.82) is 0 Å². The Labute approximate surface area is 106 Å². The number of fused-ring (bicyclic) bond motifs is 1. The molecule has 1 N–H and O–H groups in total. The minimum Gasteiger partial charge on any atom is -0.507 e. The zero-order chi connectivity index (χ0) is 13.5. The van der Waals surface area contributed by atoms with Gasteiger partial charge in [-0.05, 0) is 39.0 Å². The van der Waals surface area contributed by atoms with Crippen molar-refractivity contribution < 1.29 is 19.4 Å². The van der Waals surface area contributed by atoms with Crippen LogP contribution in [0.2, 0.25) is 0 Å². The van der Waals surface area contributed by atoms with E-state index in [-0.39, 0.29) is 5.76 Å². The van der Waals surface area contributed by atoms with E-state index in [0.717, 1.165) is 5.57 Å². The first-order chi connectivity index (χ1) is 8.36. The van der Waals surface area contributed by atoms with Crippen LogP contribution >= 0.6 is 0 Å². The van der Waals surface area contributed by atoms with Crippen LogP contribution in [0, 0.1) is 0 Å². The maximum Gasteiger partial charge on any atom is 0.337 e. The topological polar surface area (TPSA) is 55.8 Å². The van der Waals surface area contributed by atoms with Crippen LogP contribution in [0.3, 0.4) is 0 Å². The minimum absolute atomic E-state index is 0.159. The highest BCUT2D eigenvalue weighted by Crippen LogP contribution is 2.39. The standard InChI is InChI=1S/C14H16O4/c1-8-12(15)10-7-9(13(16)17-4)5-6-11(10)18-14(8,2)3/h5-7,15H,1-4H3. The summed E-state index contributed by atoms with van der Waals surface area (Å²) >= 11 is 0. The van der Waals surface area contributed by atoms with Gasteiger partial charge < -0.3 is 14.6 Å². The maximum absolute atomic E-state index is 11.5. The molecule has 1 aromatic rings. The molecule has 1 aromatic carbocycles. The van der Waals surface area contributed by atoms with Crippen molar-refractivity contribution in [2.75, 3.05) is 7.11 Å². The van der Waals surface area contributed by atoms with Gasteiger partial charge in [-0.3, -0.25) is 0 Å². The summed E-state index contributed by atoms with van der Waals surface area (Å²) in [6, 6.07) is 4.87. The molecule has 0 atom stereocenters. The van der Waals surface area contributed by atoms with Crippen molar-refractivity contribution in [2.24, 2.45) is 0 Å². The Morgan fingerprint density at radius 2 is 2.06 bits per heavy atom. The molecule has 4 nitrogen and oxygen atoms in total. The van der Waals surface area contributed by atoms with Crippen LogP contribution < -0.4 is 4.74 Å². The zero-order valence-corrected chi connectivity index (χ0v) is 10.9. The first kappa shape index (κ1) is 12.5. The zero-order valence-electron chi connectivity index (χ0n) is 10.9. The normalized spacial score (nSPS) is 16.9. The number of esters is 1. The fourth-order valence-corrected chi connectivity index (χ4v) is 1.89. The summed E-state index contributed by atoms with van der Waals surface area (Å²) in [7, 11) is 1.32. The van der Waals surface area contributed by atoms with Gasteiger partial charge in [-0.2, -0.15) is 0 Å². The lowest BCUT2D eigenvalue weighted by atomic mass is 9.91. The molecule has 1 aliphatic rings. The predicted molar refractivity (Wildman–Crippen MR) is 67.7 cm³/mol. The molecular formula is C14H16O4. The molecule has 0 saturated carbocycles. The van der Waals surface area contributed by atoms with Crippen molar-refractivity contribution >= 4 is 11.7 Å². The summed E-state index contributed by atoms with van der Waals surface area (Å²) in [6.45, 7) is 5.58. The van der Waals surface area contributed by atoms with Crippen molar-refractivity contribution in [3.05, 3.63) is 34.9 Å². The second kappa shape index (κ2) is 4.05. The molecule has 0 radical (unpaired) electrons. The van der Waals surface area contributed by atoms with E-state index in [1.807, 2.05) is 20.8 Å². The Morgan fingerprint density at radius 3 is 2.67 bits per heavy atom. The lowest BCUT2D eigenvalue weighted by Gasteiger charge is -2.33. The molecule has 4 heteroatoms. The van der Waals surface area contributed by atoms with E-state index in [9.17, 15) is 9.90 Å². The van der Waals surface area contributed by atoms with Crippen LogP contribution in [0.5, 0.6) is 5.75 Å². The molecule has 0 aliphatic carbocycles. The molecule has 0 unspecified atom stereocenters. The van der Waals surface area contributed by atoms with Gasteiger partial charge in [0.1, 0.15) is 17.1 Å². The molecule has 1 heterocycles. The summed E-state index contributed by atoms with van der Waals surface area (Å²) in [5, 5.41) is 10.2. The average molecular weight is 248 g/mol. The molecule has 0 saturated heterocycles. The van der Waals surface area contributed by atoms with Crippen LogP contribution in [-0.4, -0.2) is 23.8 Å². The third-order valence-corrected chi connectivity index (χ3v) is 3.28. The maximum atomic E-state index is 11.5. The molecule has 1 aliphatic heterocycles. The van der Waals surface area contributed by atoms with Crippen LogP contribution in [0.25, 0.3) is 5.76 Å². The largest absolute Gasteiger partial charge is 0.507 e. The summed E-state index contributed by atoms with van der Waals surface area (Å²) in [6.07, 6.45) is 0. The summed E-state index contributed by atoms with van der Waals surface area (Å²) < 4.78 is 10.5. The highest BCUT2D eigenvalue weighted by atomic mass is 16.5. The quantitative estimate of drug-likeness (QED) is 0.776. The second-order valence-corrected chi connectivity index (χ2v) is 4.79. The molecular weight excluding hydrogens is 232 g/mol. The fraction of sp³-hybridized carbons (Fsp3) is 0.357. The van der Waals surface area contributed by atoms with Gasteiger partial charge in [0.05, 0.1) is 18.2 Å². The van der Waals surface area contributed by atoms with Gasteiger partial charge in [0.25, 0.3) is 0 Å². The first-order valence-electron chi connectivity index (χ1n) is 5.69. The first-order valence-corrected chi connectivity index (χ1v) is 5.69. The van der Waals surface area contributed by atoms with Crippen LogP contribution in [0.1, 0.15) is 36.7 Å². The SMILES string of the molecule is COC(=O)c1ccc2c(c1)C(O)=C(C)C(C)(C)O2. The molecule has 18 heavy (non-hydrogen) atoms. The van der Waals surface area contributed by atoms with E-state index in [4.69, 9.17) is 4.74 Å². The van der Waals surface area contributed by atoms with E-state index < -0.39 is 11.6 Å². The monoisotopic (exact) mass is 248 g/mol. The van der Waals surface area contributed by atoms with E-state index in [1.54, 1.807) is 18.2 Å². The molecule has 0 bridgehead atoms. The smallest absolute Gasteiger partial charge is 0.337 e. The highest BCUT2D eigenvalue weighted by Gasteiger charge is 2.32. The summed E-state index contributed by atoms with van der Waals surface area (Å²) in [5.41, 5.74) is 1.09.